The van der Waals surface area contributed by atoms with Crippen LogP contribution in [-0.2, 0) is 0 Å². The number of halogens is 1. The van der Waals surface area contributed by atoms with Gasteiger partial charge in [0.15, 0.2) is 0 Å². The molecule has 0 radical (unpaired) electrons. The molecule has 5 heteroatoms. The number of rotatable bonds is 1. The van der Waals surface area contributed by atoms with Gasteiger partial charge in [-0.25, -0.2) is 9.97 Å². The van der Waals surface area contributed by atoms with Gasteiger partial charge in [0.1, 0.15) is 16.5 Å². The second-order valence-electron chi connectivity index (χ2n) is 2.14. The SMILES string of the molecule is COc1ncnc2c(Br)csc12. The molecule has 0 atom stereocenters. The van der Waals surface area contributed by atoms with E-state index in [0.717, 1.165) is 14.7 Å². The lowest BCUT2D eigenvalue weighted by Crippen LogP contribution is -1.87. The van der Waals surface area contributed by atoms with Crippen LogP contribution in [-0.4, -0.2) is 17.1 Å². The Labute approximate surface area is 81.5 Å². The van der Waals surface area contributed by atoms with E-state index in [9.17, 15) is 0 Å². The molecule has 0 N–H and O–H groups in total. The molecule has 0 bridgehead atoms. The van der Waals surface area contributed by atoms with Gasteiger partial charge in [0, 0.05) is 5.38 Å². The van der Waals surface area contributed by atoms with Crippen molar-refractivity contribution in [2.75, 3.05) is 7.11 Å². The van der Waals surface area contributed by atoms with Crippen LogP contribution in [0.4, 0.5) is 0 Å². The highest BCUT2D eigenvalue weighted by atomic mass is 79.9. The summed E-state index contributed by atoms with van der Waals surface area (Å²) < 4.78 is 7.05. The van der Waals surface area contributed by atoms with Crippen LogP contribution in [0.3, 0.4) is 0 Å². The topological polar surface area (TPSA) is 35.0 Å². The summed E-state index contributed by atoms with van der Waals surface area (Å²) in [4.78, 5) is 8.12. The van der Waals surface area contributed by atoms with Crippen molar-refractivity contribution in [2.24, 2.45) is 0 Å². The van der Waals surface area contributed by atoms with E-state index < -0.39 is 0 Å². The van der Waals surface area contributed by atoms with Gasteiger partial charge in [-0.2, -0.15) is 0 Å². The van der Waals surface area contributed by atoms with Crippen molar-refractivity contribution in [3.05, 3.63) is 16.2 Å². The number of aromatic nitrogens is 2. The van der Waals surface area contributed by atoms with Crippen molar-refractivity contribution in [3.63, 3.8) is 0 Å². The van der Waals surface area contributed by atoms with Gasteiger partial charge in [-0.05, 0) is 15.9 Å². The average molecular weight is 245 g/mol. The number of hydrogen-bond acceptors (Lipinski definition) is 4. The summed E-state index contributed by atoms with van der Waals surface area (Å²) >= 11 is 4.96. The largest absolute Gasteiger partial charge is 0.480 e. The first-order chi connectivity index (χ1) is 5.83. The molecule has 2 aromatic heterocycles. The lowest BCUT2D eigenvalue weighted by molar-refractivity contribution is 0.403. The van der Waals surface area contributed by atoms with Crippen LogP contribution in [0.2, 0.25) is 0 Å². The van der Waals surface area contributed by atoms with E-state index in [1.165, 1.54) is 6.33 Å². The van der Waals surface area contributed by atoms with Crippen LogP contribution in [0.15, 0.2) is 16.2 Å². The van der Waals surface area contributed by atoms with Crippen molar-refractivity contribution < 1.29 is 4.74 Å². The zero-order valence-electron chi connectivity index (χ0n) is 6.24. The van der Waals surface area contributed by atoms with Crippen LogP contribution < -0.4 is 4.74 Å². The number of methoxy groups -OCH3 is 1. The zero-order chi connectivity index (χ0) is 8.55. The van der Waals surface area contributed by atoms with Crippen molar-refractivity contribution in [2.45, 2.75) is 0 Å². The number of fused-ring (bicyclic) bond motifs is 1. The number of nitrogens with zero attached hydrogens (tertiary/aromatic N) is 2. The molecule has 0 amide bonds. The minimum Gasteiger partial charge on any atom is -0.480 e. The van der Waals surface area contributed by atoms with Crippen LogP contribution in [0.25, 0.3) is 10.2 Å². The Morgan fingerprint density at radius 1 is 1.50 bits per heavy atom. The van der Waals surface area contributed by atoms with Crippen LogP contribution in [0.1, 0.15) is 0 Å². The molecule has 3 nitrogen and oxygen atoms in total. The molecular formula is C7H5BrN2OS. The molecule has 0 saturated carbocycles. The third-order valence-electron chi connectivity index (χ3n) is 1.47. The lowest BCUT2D eigenvalue weighted by Gasteiger charge is -1.97. The minimum absolute atomic E-state index is 0.635. The highest BCUT2D eigenvalue weighted by Gasteiger charge is 2.07. The standard InChI is InChI=1S/C7H5BrN2OS/c1-11-7-6-5(9-3-10-7)4(8)2-12-6/h2-3H,1H3. The number of thiophene rings is 1. The van der Waals surface area contributed by atoms with Crippen molar-refractivity contribution in [3.8, 4) is 5.88 Å². The fourth-order valence-corrected chi connectivity index (χ4v) is 2.50. The summed E-state index contributed by atoms with van der Waals surface area (Å²) in [5.41, 5.74) is 0.909. The fraction of sp³-hybridized carbons (Fsp3) is 0.143. The second-order valence-corrected chi connectivity index (χ2v) is 3.88. The van der Waals surface area contributed by atoms with E-state index in [0.29, 0.717) is 5.88 Å². The van der Waals surface area contributed by atoms with Gasteiger partial charge in [0.2, 0.25) is 5.88 Å². The first kappa shape index (κ1) is 7.94. The van der Waals surface area contributed by atoms with E-state index in [-0.39, 0.29) is 0 Å². The van der Waals surface area contributed by atoms with Gasteiger partial charge in [-0.3, -0.25) is 0 Å². The monoisotopic (exact) mass is 244 g/mol. The molecule has 0 aliphatic carbocycles. The average Bonchev–Trinajstić information content (AvgIpc) is 2.48. The maximum absolute atomic E-state index is 5.08. The first-order valence-corrected chi connectivity index (χ1v) is 4.92. The predicted octanol–water partition coefficient (Wildman–Crippen LogP) is 2.46. The molecule has 12 heavy (non-hydrogen) atoms. The molecule has 62 valence electrons. The molecule has 0 unspecified atom stereocenters. The smallest absolute Gasteiger partial charge is 0.234 e. The van der Waals surface area contributed by atoms with Crippen LogP contribution >= 0.6 is 27.3 Å². The summed E-state index contributed by atoms with van der Waals surface area (Å²) in [6, 6.07) is 0. The van der Waals surface area contributed by atoms with Gasteiger partial charge in [0.05, 0.1) is 11.6 Å². The Hall–Kier alpha value is -0.680. The van der Waals surface area contributed by atoms with Crippen molar-refractivity contribution in [1.82, 2.24) is 9.97 Å². The van der Waals surface area contributed by atoms with Crippen molar-refractivity contribution in [1.29, 1.82) is 0 Å². The van der Waals surface area contributed by atoms with Gasteiger partial charge < -0.3 is 4.74 Å². The van der Waals surface area contributed by atoms with Gasteiger partial charge in [-0.1, -0.05) is 0 Å². The van der Waals surface area contributed by atoms with Gasteiger partial charge in [0.25, 0.3) is 0 Å². The Morgan fingerprint density at radius 3 is 3.08 bits per heavy atom. The molecule has 0 aliphatic rings. The van der Waals surface area contributed by atoms with Crippen LogP contribution in [0.5, 0.6) is 5.88 Å². The third-order valence-corrected chi connectivity index (χ3v) is 3.34. The number of hydrogen-bond donors (Lipinski definition) is 0. The minimum atomic E-state index is 0.635. The highest BCUT2D eigenvalue weighted by Crippen LogP contribution is 2.32. The molecule has 0 saturated heterocycles. The van der Waals surface area contributed by atoms with E-state index in [4.69, 9.17) is 4.74 Å². The van der Waals surface area contributed by atoms with E-state index in [1.54, 1.807) is 18.4 Å². The summed E-state index contributed by atoms with van der Waals surface area (Å²) in [5.74, 6) is 0.635. The lowest BCUT2D eigenvalue weighted by atomic mass is 10.5. The van der Waals surface area contributed by atoms with Gasteiger partial charge >= 0.3 is 0 Å². The quantitative estimate of drug-likeness (QED) is 0.774. The second kappa shape index (κ2) is 2.99. The third kappa shape index (κ3) is 1.09. The molecular weight excluding hydrogens is 240 g/mol. The Morgan fingerprint density at radius 2 is 2.33 bits per heavy atom. The molecule has 2 rings (SSSR count). The summed E-state index contributed by atoms with van der Waals surface area (Å²) in [5, 5.41) is 1.97. The summed E-state index contributed by atoms with van der Waals surface area (Å²) in [6.07, 6.45) is 1.50. The Bertz CT molecular complexity index is 415. The maximum atomic E-state index is 5.08. The molecule has 2 aromatic rings. The maximum Gasteiger partial charge on any atom is 0.234 e. The predicted molar refractivity (Wildman–Crippen MR) is 51.7 cm³/mol. The molecule has 0 fully saturated rings. The van der Waals surface area contributed by atoms with Gasteiger partial charge in [-0.15, -0.1) is 11.3 Å². The molecule has 0 spiro atoms. The van der Waals surface area contributed by atoms with E-state index in [2.05, 4.69) is 25.9 Å². The van der Waals surface area contributed by atoms with Crippen LogP contribution in [0, 0.1) is 0 Å². The zero-order valence-corrected chi connectivity index (χ0v) is 8.65. The molecule has 0 aliphatic heterocycles. The molecule has 2 heterocycles. The first-order valence-electron chi connectivity index (χ1n) is 3.24. The summed E-state index contributed by atoms with van der Waals surface area (Å²) in [6.45, 7) is 0. The fourth-order valence-electron chi connectivity index (χ4n) is 0.946. The highest BCUT2D eigenvalue weighted by molar-refractivity contribution is 9.10. The Balaban J connectivity index is 2.81. The van der Waals surface area contributed by atoms with E-state index in [1.807, 2.05) is 5.38 Å². The summed E-state index contributed by atoms with van der Waals surface area (Å²) in [7, 11) is 1.61. The molecule has 0 aromatic carbocycles. The van der Waals surface area contributed by atoms with E-state index >= 15 is 0 Å². The number of ether oxygens (including phenoxy) is 1. The Kier molecular flexibility index (Phi) is 1.98. The normalized spacial score (nSPS) is 10.5. The van der Waals surface area contributed by atoms with Crippen molar-refractivity contribution >= 4 is 37.5 Å².